The van der Waals surface area contributed by atoms with E-state index in [-0.39, 0.29) is 12.0 Å². The van der Waals surface area contributed by atoms with Crippen LogP contribution in [-0.4, -0.2) is 11.2 Å². The average molecular weight is 251 g/mol. The van der Waals surface area contributed by atoms with Crippen molar-refractivity contribution in [3.05, 3.63) is 33.8 Å². The Morgan fingerprint density at radius 1 is 1.38 bits per heavy atom. The van der Waals surface area contributed by atoms with Gasteiger partial charge in [-0.05, 0) is 19.1 Å². The van der Waals surface area contributed by atoms with E-state index >= 15 is 0 Å². The van der Waals surface area contributed by atoms with Crippen LogP contribution in [0.4, 0.5) is 8.78 Å². The Morgan fingerprint density at radius 3 is 2.23 bits per heavy atom. The number of halogens is 3. The van der Waals surface area contributed by atoms with E-state index in [4.69, 9.17) is 5.11 Å². The van der Waals surface area contributed by atoms with Crippen molar-refractivity contribution in [1.29, 1.82) is 0 Å². The molecule has 1 aromatic rings. The zero-order chi connectivity index (χ0) is 10.0. The van der Waals surface area contributed by atoms with Gasteiger partial charge in [0.15, 0.2) is 0 Å². The molecule has 1 aromatic carbocycles. The highest BCUT2D eigenvalue weighted by Crippen LogP contribution is 2.20. The molecule has 0 aliphatic carbocycles. The normalized spacial score (nSPS) is 13.0. The van der Waals surface area contributed by atoms with E-state index in [1.54, 1.807) is 0 Å². The minimum atomic E-state index is -0.745. The topological polar surface area (TPSA) is 20.2 Å². The van der Waals surface area contributed by atoms with Gasteiger partial charge in [-0.2, -0.15) is 0 Å². The lowest BCUT2D eigenvalue weighted by molar-refractivity contribution is 0.192. The van der Waals surface area contributed by atoms with Gasteiger partial charge in [0.25, 0.3) is 0 Å². The van der Waals surface area contributed by atoms with Gasteiger partial charge in [-0.25, -0.2) is 8.78 Å². The highest BCUT2D eigenvalue weighted by atomic mass is 79.9. The largest absolute Gasteiger partial charge is 0.393 e. The summed E-state index contributed by atoms with van der Waals surface area (Å²) < 4.78 is 26.5. The van der Waals surface area contributed by atoms with Crippen molar-refractivity contribution < 1.29 is 13.9 Å². The third-order valence-corrected chi connectivity index (χ3v) is 2.06. The van der Waals surface area contributed by atoms with Crippen LogP contribution in [0, 0.1) is 11.6 Å². The van der Waals surface area contributed by atoms with Gasteiger partial charge in [0, 0.05) is 16.5 Å². The minimum Gasteiger partial charge on any atom is -0.393 e. The lowest BCUT2D eigenvalue weighted by Gasteiger charge is -2.07. The van der Waals surface area contributed by atoms with E-state index in [0.717, 1.165) is 0 Å². The van der Waals surface area contributed by atoms with E-state index in [9.17, 15) is 8.78 Å². The van der Waals surface area contributed by atoms with Crippen molar-refractivity contribution in [3.63, 3.8) is 0 Å². The number of rotatable bonds is 2. The highest BCUT2D eigenvalue weighted by Gasteiger charge is 2.12. The number of hydrogen-bond acceptors (Lipinski definition) is 1. The first-order valence-corrected chi connectivity index (χ1v) is 4.61. The molecule has 0 saturated heterocycles. The Labute approximate surface area is 83.5 Å². The molecule has 13 heavy (non-hydrogen) atoms. The summed E-state index contributed by atoms with van der Waals surface area (Å²) in [6.07, 6.45) is -0.754. The standard InChI is InChI=1S/C9H9BrF2O/c1-5(13)2-7-8(11)3-6(10)4-9(7)12/h3-5,13H,2H2,1H3/t5-/m0/s1. The molecule has 1 rings (SSSR count). The molecule has 0 unspecified atom stereocenters. The molecule has 0 spiro atoms. The second-order valence-corrected chi connectivity index (χ2v) is 3.82. The van der Waals surface area contributed by atoms with Crippen molar-refractivity contribution in [2.45, 2.75) is 19.4 Å². The lowest BCUT2D eigenvalue weighted by Crippen LogP contribution is -2.08. The summed E-state index contributed by atoms with van der Waals surface area (Å²) in [7, 11) is 0. The molecule has 0 aliphatic rings. The van der Waals surface area contributed by atoms with Crippen LogP contribution in [0.2, 0.25) is 0 Å². The van der Waals surface area contributed by atoms with Crippen LogP contribution in [0.15, 0.2) is 16.6 Å². The predicted octanol–water partition coefficient (Wildman–Crippen LogP) is 2.65. The molecule has 0 amide bonds. The fourth-order valence-electron chi connectivity index (χ4n) is 1.06. The van der Waals surface area contributed by atoms with Crippen LogP contribution in [0.5, 0.6) is 0 Å². The molecule has 72 valence electrons. The van der Waals surface area contributed by atoms with E-state index in [0.29, 0.717) is 4.47 Å². The van der Waals surface area contributed by atoms with Gasteiger partial charge in [0.1, 0.15) is 11.6 Å². The summed E-state index contributed by atoms with van der Waals surface area (Å²) in [4.78, 5) is 0. The summed E-state index contributed by atoms with van der Waals surface area (Å²) >= 11 is 2.97. The molecule has 0 aromatic heterocycles. The molecule has 0 bridgehead atoms. The average Bonchev–Trinajstić information content (AvgIpc) is 1.96. The molecular weight excluding hydrogens is 242 g/mol. The van der Waals surface area contributed by atoms with Crippen molar-refractivity contribution in [2.24, 2.45) is 0 Å². The third kappa shape index (κ3) is 2.74. The Balaban J connectivity index is 3.06. The fraction of sp³-hybridized carbons (Fsp3) is 0.333. The summed E-state index contributed by atoms with van der Waals surface area (Å²) in [5.74, 6) is -1.26. The molecule has 0 saturated carbocycles. The van der Waals surface area contributed by atoms with Crippen molar-refractivity contribution in [2.75, 3.05) is 0 Å². The maximum atomic E-state index is 13.1. The van der Waals surface area contributed by atoms with E-state index in [2.05, 4.69) is 15.9 Å². The molecule has 1 nitrogen and oxygen atoms in total. The summed E-state index contributed by atoms with van der Waals surface area (Å²) in [5, 5.41) is 8.98. The monoisotopic (exact) mass is 250 g/mol. The summed E-state index contributed by atoms with van der Waals surface area (Å²) in [5.41, 5.74) is -0.0711. The Hall–Kier alpha value is -0.480. The van der Waals surface area contributed by atoms with Gasteiger partial charge >= 0.3 is 0 Å². The van der Waals surface area contributed by atoms with Gasteiger partial charge in [0.05, 0.1) is 6.10 Å². The van der Waals surface area contributed by atoms with E-state index in [1.165, 1.54) is 19.1 Å². The molecule has 0 radical (unpaired) electrons. The van der Waals surface area contributed by atoms with Crippen LogP contribution in [0.25, 0.3) is 0 Å². The van der Waals surface area contributed by atoms with Crippen molar-refractivity contribution in [3.8, 4) is 0 Å². The molecule has 0 fully saturated rings. The van der Waals surface area contributed by atoms with E-state index < -0.39 is 17.7 Å². The zero-order valence-corrected chi connectivity index (χ0v) is 8.61. The Kier molecular flexibility index (Phi) is 3.39. The van der Waals surface area contributed by atoms with Crippen molar-refractivity contribution in [1.82, 2.24) is 0 Å². The fourth-order valence-corrected chi connectivity index (χ4v) is 1.46. The summed E-state index contributed by atoms with van der Waals surface area (Å²) in [6, 6.07) is 2.36. The van der Waals surface area contributed by atoms with Crippen LogP contribution < -0.4 is 0 Å². The second-order valence-electron chi connectivity index (χ2n) is 2.90. The Bertz CT molecular complexity index is 289. The predicted molar refractivity (Wildman–Crippen MR) is 49.4 cm³/mol. The van der Waals surface area contributed by atoms with Crippen LogP contribution in [0.1, 0.15) is 12.5 Å². The molecule has 0 heterocycles. The molecule has 1 atom stereocenters. The van der Waals surface area contributed by atoms with Gasteiger partial charge < -0.3 is 5.11 Å². The maximum Gasteiger partial charge on any atom is 0.130 e. The minimum absolute atomic E-state index is 0.00898. The first-order chi connectivity index (χ1) is 6.00. The zero-order valence-electron chi connectivity index (χ0n) is 7.02. The van der Waals surface area contributed by atoms with Crippen LogP contribution in [0.3, 0.4) is 0 Å². The van der Waals surface area contributed by atoms with Crippen LogP contribution >= 0.6 is 15.9 Å². The number of hydrogen-bond donors (Lipinski definition) is 1. The highest BCUT2D eigenvalue weighted by molar-refractivity contribution is 9.10. The third-order valence-electron chi connectivity index (χ3n) is 1.61. The van der Waals surface area contributed by atoms with Crippen LogP contribution in [-0.2, 0) is 6.42 Å². The van der Waals surface area contributed by atoms with Gasteiger partial charge in [-0.1, -0.05) is 15.9 Å². The second kappa shape index (κ2) is 4.15. The first kappa shape index (κ1) is 10.6. The summed E-state index contributed by atoms with van der Waals surface area (Å²) in [6.45, 7) is 1.49. The number of aliphatic hydroxyl groups excluding tert-OH is 1. The quantitative estimate of drug-likeness (QED) is 0.856. The molecule has 4 heteroatoms. The first-order valence-electron chi connectivity index (χ1n) is 3.82. The maximum absolute atomic E-state index is 13.1. The van der Waals surface area contributed by atoms with Gasteiger partial charge in [0.2, 0.25) is 0 Å². The smallest absolute Gasteiger partial charge is 0.130 e. The number of aliphatic hydroxyl groups is 1. The number of benzene rings is 1. The molecular formula is C9H9BrF2O. The SMILES string of the molecule is C[C@H](O)Cc1c(F)cc(Br)cc1F. The van der Waals surface area contributed by atoms with E-state index in [1.807, 2.05) is 0 Å². The lowest BCUT2D eigenvalue weighted by atomic mass is 10.1. The Morgan fingerprint density at radius 2 is 1.85 bits per heavy atom. The van der Waals surface area contributed by atoms with Crippen molar-refractivity contribution >= 4 is 15.9 Å². The molecule has 1 N–H and O–H groups in total. The molecule has 0 aliphatic heterocycles. The van der Waals surface area contributed by atoms with Gasteiger partial charge in [-0.3, -0.25) is 0 Å². The van der Waals surface area contributed by atoms with Gasteiger partial charge in [-0.15, -0.1) is 0 Å².